The van der Waals surface area contributed by atoms with Gasteiger partial charge >= 0.3 is 0 Å². The van der Waals surface area contributed by atoms with Crippen molar-refractivity contribution in [3.63, 3.8) is 0 Å². The van der Waals surface area contributed by atoms with Crippen LogP contribution >= 0.6 is 22.9 Å². The molecule has 1 atom stereocenters. The predicted molar refractivity (Wildman–Crippen MR) is 71.6 cm³/mol. The summed E-state index contributed by atoms with van der Waals surface area (Å²) in [7, 11) is 1.77. The Morgan fingerprint density at radius 1 is 1.59 bits per heavy atom. The summed E-state index contributed by atoms with van der Waals surface area (Å²) in [5, 5.41) is 9.14. The third kappa shape index (κ3) is 5.52. The van der Waals surface area contributed by atoms with Crippen molar-refractivity contribution in [3.05, 3.63) is 21.3 Å². The van der Waals surface area contributed by atoms with E-state index in [1.54, 1.807) is 18.9 Å². The van der Waals surface area contributed by atoms with E-state index in [9.17, 15) is 4.79 Å². The average molecular weight is 276 g/mol. The number of carbonyl (C=O) groups is 1. The van der Waals surface area contributed by atoms with E-state index in [0.717, 1.165) is 15.6 Å². The van der Waals surface area contributed by atoms with Crippen LogP contribution in [0.25, 0.3) is 0 Å². The summed E-state index contributed by atoms with van der Waals surface area (Å²) < 4.78 is 0.759. The molecule has 0 saturated heterocycles. The number of amides is 1. The lowest BCUT2D eigenvalue weighted by Gasteiger charge is -2.17. The van der Waals surface area contributed by atoms with Crippen molar-refractivity contribution in [2.45, 2.75) is 32.3 Å². The summed E-state index contributed by atoms with van der Waals surface area (Å²) in [4.78, 5) is 14.6. The molecule has 1 rings (SSSR count). The van der Waals surface area contributed by atoms with Gasteiger partial charge in [-0.3, -0.25) is 4.79 Å². The van der Waals surface area contributed by atoms with Crippen LogP contribution in [0.5, 0.6) is 0 Å². The van der Waals surface area contributed by atoms with E-state index in [1.165, 1.54) is 11.3 Å². The van der Waals surface area contributed by atoms with E-state index in [4.69, 9.17) is 16.7 Å². The summed E-state index contributed by atoms with van der Waals surface area (Å²) in [6.07, 6.45) is 1.48. The Balaban J connectivity index is 2.29. The van der Waals surface area contributed by atoms with Gasteiger partial charge in [0, 0.05) is 24.9 Å². The molecule has 1 heterocycles. The highest BCUT2D eigenvalue weighted by Crippen LogP contribution is 2.22. The molecule has 5 heteroatoms. The van der Waals surface area contributed by atoms with Gasteiger partial charge in [-0.25, -0.2) is 0 Å². The molecule has 0 aliphatic rings. The Morgan fingerprint density at radius 3 is 2.82 bits per heavy atom. The lowest BCUT2D eigenvalue weighted by Crippen LogP contribution is -2.29. The maximum atomic E-state index is 11.8. The fraction of sp³-hybridized carbons (Fsp3) is 0.583. The Hall–Kier alpha value is -0.580. The van der Waals surface area contributed by atoms with Crippen LogP contribution in [0.4, 0.5) is 0 Å². The van der Waals surface area contributed by atoms with E-state index in [0.29, 0.717) is 19.4 Å². The maximum Gasteiger partial charge on any atom is 0.222 e. The molecule has 17 heavy (non-hydrogen) atoms. The summed E-state index contributed by atoms with van der Waals surface area (Å²) in [5.74, 6) is 0.107. The van der Waals surface area contributed by atoms with Crippen LogP contribution in [0, 0.1) is 0 Å². The van der Waals surface area contributed by atoms with E-state index in [2.05, 4.69) is 0 Å². The second-order valence-corrected chi connectivity index (χ2v) is 5.96. The standard InChI is InChI=1S/C12H18ClNO2S/c1-9(15)7-8-14(2)12(16)6-4-10-3-5-11(13)17-10/h3,5,9,15H,4,6-8H2,1-2H3/t9-/m0/s1. The highest BCUT2D eigenvalue weighted by molar-refractivity contribution is 7.16. The number of hydrogen-bond acceptors (Lipinski definition) is 3. The Labute approximate surface area is 111 Å². The number of thiophene rings is 1. The zero-order valence-corrected chi connectivity index (χ0v) is 11.7. The van der Waals surface area contributed by atoms with Crippen molar-refractivity contribution < 1.29 is 9.90 Å². The van der Waals surface area contributed by atoms with Crippen LogP contribution < -0.4 is 0 Å². The van der Waals surface area contributed by atoms with E-state index in [1.807, 2.05) is 12.1 Å². The van der Waals surface area contributed by atoms with Crippen LogP contribution in [0.3, 0.4) is 0 Å². The molecule has 1 aromatic rings. The van der Waals surface area contributed by atoms with Crippen molar-refractivity contribution in [1.29, 1.82) is 0 Å². The number of nitrogens with zero attached hydrogens (tertiary/aromatic N) is 1. The van der Waals surface area contributed by atoms with Gasteiger partial charge in [0.05, 0.1) is 10.4 Å². The average Bonchev–Trinajstić information content (AvgIpc) is 2.68. The Morgan fingerprint density at radius 2 is 2.29 bits per heavy atom. The molecule has 1 amide bonds. The van der Waals surface area contributed by atoms with Crippen LogP contribution in [0.2, 0.25) is 4.34 Å². The normalized spacial score (nSPS) is 12.5. The first kappa shape index (κ1) is 14.5. The summed E-state index contributed by atoms with van der Waals surface area (Å²) in [6.45, 7) is 2.33. The fourth-order valence-corrected chi connectivity index (χ4v) is 2.50. The molecule has 0 bridgehead atoms. The third-order valence-corrected chi connectivity index (χ3v) is 3.81. The van der Waals surface area contributed by atoms with Crippen molar-refractivity contribution in [3.8, 4) is 0 Å². The summed E-state index contributed by atoms with van der Waals surface area (Å²) in [6, 6.07) is 3.80. The molecule has 96 valence electrons. The number of hydrogen-bond donors (Lipinski definition) is 1. The molecule has 0 aromatic carbocycles. The zero-order chi connectivity index (χ0) is 12.8. The number of halogens is 1. The molecular formula is C12H18ClNO2S. The highest BCUT2D eigenvalue weighted by Gasteiger charge is 2.10. The van der Waals surface area contributed by atoms with Crippen molar-refractivity contribution >= 4 is 28.8 Å². The Kier molecular flexibility index (Phi) is 5.95. The van der Waals surface area contributed by atoms with Crippen LogP contribution in [-0.4, -0.2) is 35.6 Å². The van der Waals surface area contributed by atoms with E-state index < -0.39 is 0 Å². The van der Waals surface area contributed by atoms with Crippen molar-refractivity contribution in [1.82, 2.24) is 4.90 Å². The minimum atomic E-state index is -0.360. The van der Waals surface area contributed by atoms with Gasteiger partial charge in [0.25, 0.3) is 0 Å². The number of aliphatic hydroxyl groups excluding tert-OH is 1. The largest absolute Gasteiger partial charge is 0.393 e. The minimum absolute atomic E-state index is 0.107. The lowest BCUT2D eigenvalue weighted by atomic mass is 10.2. The maximum absolute atomic E-state index is 11.8. The monoisotopic (exact) mass is 275 g/mol. The van der Waals surface area contributed by atoms with Gasteiger partial charge in [-0.05, 0) is 31.9 Å². The van der Waals surface area contributed by atoms with Gasteiger partial charge in [-0.15, -0.1) is 11.3 Å². The van der Waals surface area contributed by atoms with Gasteiger partial charge in [0.15, 0.2) is 0 Å². The fourth-order valence-electron chi connectivity index (χ4n) is 1.41. The van der Waals surface area contributed by atoms with Gasteiger partial charge in [0.2, 0.25) is 5.91 Å². The topological polar surface area (TPSA) is 40.5 Å². The quantitative estimate of drug-likeness (QED) is 0.867. The molecule has 0 fully saturated rings. The molecule has 0 unspecified atom stereocenters. The Bertz CT molecular complexity index is 365. The molecule has 1 aromatic heterocycles. The smallest absolute Gasteiger partial charge is 0.222 e. The van der Waals surface area contributed by atoms with Gasteiger partial charge in [-0.1, -0.05) is 11.6 Å². The third-order valence-electron chi connectivity index (χ3n) is 2.52. The molecule has 0 aliphatic heterocycles. The van der Waals surface area contributed by atoms with Crippen LogP contribution in [0.1, 0.15) is 24.6 Å². The molecule has 0 aliphatic carbocycles. The molecule has 3 nitrogen and oxygen atoms in total. The predicted octanol–water partition coefficient (Wildman–Crippen LogP) is 2.56. The van der Waals surface area contributed by atoms with Crippen molar-refractivity contribution in [2.24, 2.45) is 0 Å². The lowest BCUT2D eigenvalue weighted by molar-refractivity contribution is -0.130. The first-order valence-electron chi connectivity index (χ1n) is 5.65. The SMILES string of the molecule is C[C@H](O)CCN(C)C(=O)CCc1ccc(Cl)s1. The first-order chi connectivity index (χ1) is 7.99. The second-order valence-electron chi connectivity index (χ2n) is 4.16. The van der Waals surface area contributed by atoms with Gasteiger partial charge in [-0.2, -0.15) is 0 Å². The molecule has 0 saturated carbocycles. The molecule has 1 N–H and O–H groups in total. The second kappa shape index (κ2) is 6.99. The number of aryl methyl sites for hydroxylation is 1. The molecular weight excluding hydrogens is 258 g/mol. The van der Waals surface area contributed by atoms with Gasteiger partial charge < -0.3 is 10.0 Å². The zero-order valence-electron chi connectivity index (χ0n) is 10.1. The highest BCUT2D eigenvalue weighted by atomic mass is 35.5. The van der Waals surface area contributed by atoms with Crippen LogP contribution in [0.15, 0.2) is 12.1 Å². The summed E-state index contributed by atoms with van der Waals surface area (Å²) in [5.41, 5.74) is 0. The number of rotatable bonds is 6. The molecule has 0 radical (unpaired) electrons. The van der Waals surface area contributed by atoms with E-state index >= 15 is 0 Å². The van der Waals surface area contributed by atoms with Crippen LogP contribution in [-0.2, 0) is 11.2 Å². The minimum Gasteiger partial charge on any atom is -0.393 e. The number of aliphatic hydroxyl groups is 1. The van der Waals surface area contributed by atoms with Crippen molar-refractivity contribution in [2.75, 3.05) is 13.6 Å². The molecule has 0 spiro atoms. The number of carbonyl (C=O) groups excluding carboxylic acids is 1. The van der Waals surface area contributed by atoms with E-state index in [-0.39, 0.29) is 12.0 Å². The van der Waals surface area contributed by atoms with Gasteiger partial charge in [0.1, 0.15) is 0 Å². The summed E-state index contributed by atoms with van der Waals surface area (Å²) >= 11 is 7.33. The first-order valence-corrected chi connectivity index (χ1v) is 6.84.